The Morgan fingerprint density at radius 1 is 1.56 bits per heavy atom. The smallest absolute Gasteiger partial charge is 0.231 e. The molecule has 2 atom stereocenters. The lowest BCUT2D eigenvalue weighted by Crippen LogP contribution is -2.41. The zero-order valence-electron chi connectivity index (χ0n) is 9.93. The number of aryl methyl sites for hydroxylation is 1. The van der Waals surface area contributed by atoms with Crippen LogP contribution in [0.5, 0.6) is 0 Å². The number of thiophene rings is 1. The van der Waals surface area contributed by atoms with Crippen molar-refractivity contribution < 1.29 is 4.79 Å². The lowest BCUT2D eigenvalue weighted by atomic mass is 10.1. The average Bonchev–Trinajstić information content (AvgIpc) is 2.49. The Kier molecular flexibility index (Phi) is 4.46. The van der Waals surface area contributed by atoms with Gasteiger partial charge in [0.2, 0.25) is 5.91 Å². The van der Waals surface area contributed by atoms with E-state index in [1.54, 1.807) is 11.3 Å². The van der Waals surface area contributed by atoms with Crippen LogP contribution in [0.25, 0.3) is 0 Å². The van der Waals surface area contributed by atoms with Crippen LogP contribution >= 0.6 is 11.3 Å². The van der Waals surface area contributed by atoms with Gasteiger partial charge in [0, 0.05) is 15.8 Å². The van der Waals surface area contributed by atoms with Crippen molar-refractivity contribution in [1.29, 1.82) is 0 Å². The SMILES string of the molecule is Cc1ccc(C(C(C)N)N(C)CC(N)=O)s1. The van der Waals surface area contributed by atoms with E-state index in [-0.39, 0.29) is 24.5 Å². The lowest BCUT2D eigenvalue weighted by Gasteiger charge is -2.29. The van der Waals surface area contributed by atoms with Crippen molar-refractivity contribution in [2.45, 2.75) is 25.9 Å². The zero-order chi connectivity index (χ0) is 12.3. The predicted molar refractivity (Wildman–Crippen MR) is 67.3 cm³/mol. The van der Waals surface area contributed by atoms with Crippen molar-refractivity contribution in [3.63, 3.8) is 0 Å². The third kappa shape index (κ3) is 3.30. The molecule has 1 amide bonds. The molecule has 1 heterocycles. The average molecular weight is 241 g/mol. The summed E-state index contributed by atoms with van der Waals surface area (Å²) in [6.07, 6.45) is 0. The van der Waals surface area contributed by atoms with Gasteiger partial charge < -0.3 is 11.5 Å². The highest BCUT2D eigenvalue weighted by molar-refractivity contribution is 7.12. The zero-order valence-corrected chi connectivity index (χ0v) is 10.8. The molecule has 5 heteroatoms. The normalized spacial score (nSPS) is 15.1. The number of carbonyl (C=O) groups is 1. The molecule has 16 heavy (non-hydrogen) atoms. The van der Waals surface area contributed by atoms with Gasteiger partial charge in [-0.1, -0.05) is 0 Å². The number of nitrogens with zero attached hydrogens (tertiary/aromatic N) is 1. The lowest BCUT2D eigenvalue weighted by molar-refractivity contribution is -0.119. The molecule has 1 aromatic heterocycles. The summed E-state index contributed by atoms with van der Waals surface area (Å²) in [7, 11) is 1.87. The first-order valence-corrected chi connectivity index (χ1v) is 6.04. The van der Waals surface area contributed by atoms with Gasteiger partial charge in [-0.15, -0.1) is 11.3 Å². The van der Waals surface area contributed by atoms with E-state index in [9.17, 15) is 4.79 Å². The number of primary amides is 1. The monoisotopic (exact) mass is 241 g/mol. The molecule has 4 N–H and O–H groups in total. The van der Waals surface area contributed by atoms with Gasteiger partial charge in [-0.2, -0.15) is 0 Å². The molecule has 0 spiro atoms. The molecule has 0 fully saturated rings. The fraction of sp³-hybridized carbons (Fsp3) is 0.545. The van der Waals surface area contributed by atoms with Crippen molar-refractivity contribution in [1.82, 2.24) is 4.90 Å². The molecular weight excluding hydrogens is 222 g/mol. The Morgan fingerprint density at radius 3 is 2.56 bits per heavy atom. The minimum absolute atomic E-state index is 0.0394. The Bertz CT molecular complexity index is 362. The summed E-state index contributed by atoms with van der Waals surface area (Å²) in [6.45, 7) is 4.22. The second-order valence-electron chi connectivity index (χ2n) is 4.13. The molecule has 1 rings (SSSR count). The summed E-state index contributed by atoms with van der Waals surface area (Å²) < 4.78 is 0. The highest BCUT2D eigenvalue weighted by atomic mass is 32.1. The second-order valence-corrected chi connectivity index (χ2v) is 5.45. The molecule has 4 nitrogen and oxygen atoms in total. The third-order valence-corrected chi connectivity index (χ3v) is 3.50. The number of hydrogen-bond acceptors (Lipinski definition) is 4. The first-order chi connectivity index (χ1) is 7.41. The van der Waals surface area contributed by atoms with Crippen LogP contribution in [-0.4, -0.2) is 30.4 Å². The van der Waals surface area contributed by atoms with E-state index in [4.69, 9.17) is 11.5 Å². The van der Waals surface area contributed by atoms with Gasteiger partial charge >= 0.3 is 0 Å². The fourth-order valence-electron chi connectivity index (χ4n) is 1.83. The van der Waals surface area contributed by atoms with Gasteiger partial charge in [0.1, 0.15) is 0 Å². The number of carbonyl (C=O) groups excluding carboxylic acids is 1. The minimum Gasteiger partial charge on any atom is -0.369 e. The predicted octanol–water partition coefficient (Wildman–Crippen LogP) is 0.862. The minimum atomic E-state index is -0.332. The maximum atomic E-state index is 10.9. The highest BCUT2D eigenvalue weighted by Gasteiger charge is 2.23. The van der Waals surface area contributed by atoms with Gasteiger partial charge in [0.25, 0.3) is 0 Å². The quantitative estimate of drug-likeness (QED) is 0.803. The van der Waals surface area contributed by atoms with Crippen LogP contribution in [0, 0.1) is 6.92 Å². The van der Waals surface area contributed by atoms with E-state index in [0.29, 0.717) is 0 Å². The second kappa shape index (κ2) is 5.43. The van der Waals surface area contributed by atoms with E-state index < -0.39 is 0 Å². The molecule has 0 saturated heterocycles. The molecule has 0 radical (unpaired) electrons. The summed E-state index contributed by atoms with van der Waals surface area (Å²) in [4.78, 5) is 15.2. The molecule has 0 aliphatic rings. The van der Waals surface area contributed by atoms with E-state index in [2.05, 4.69) is 19.1 Å². The van der Waals surface area contributed by atoms with Crippen LogP contribution in [0.2, 0.25) is 0 Å². The molecule has 0 saturated carbocycles. The number of nitrogens with two attached hydrogens (primary N) is 2. The molecule has 0 bridgehead atoms. The van der Waals surface area contributed by atoms with Crippen LogP contribution in [0.3, 0.4) is 0 Å². The van der Waals surface area contributed by atoms with Gasteiger partial charge in [-0.05, 0) is 33.0 Å². The summed E-state index contributed by atoms with van der Waals surface area (Å²) in [5, 5.41) is 0. The van der Waals surface area contributed by atoms with Crippen molar-refractivity contribution in [2.24, 2.45) is 11.5 Å². The van der Waals surface area contributed by atoms with Crippen LogP contribution in [0.1, 0.15) is 22.7 Å². The van der Waals surface area contributed by atoms with Gasteiger partial charge in [0.15, 0.2) is 0 Å². The number of likely N-dealkylation sites (N-methyl/N-ethyl adjacent to an activating group) is 1. The first kappa shape index (κ1) is 13.2. The van der Waals surface area contributed by atoms with E-state index in [1.807, 2.05) is 18.9 Å². The maximum absolute atomic E-state index is 10.9. The van der Waals surface area contributed by atoms with Crippen LogP contribution in [0.4, 0.5) is 0 Å². The summed E-state index contributed by atoms with van der Waals surface area (Å²) in [5.74, 6) is -0.332. The van der Waals surface area contributed by atoms with Gasteiger partial charge in [-0.25, -0.2) is 0 Å². The van der Waals surface area contributed by atoms with E-state index >= 15 is 0 Å². The Labute approximate surface area is 100 Å². The standard InChI is InChI=1S/C11H19N3OS/c1-7-4-5-9(16-7)11(8(2)12)14(3)6-10(13)15/h4-5,8,11H,6,12H2,1-3H3,(H2,13,15). The first-order valence-electron chi connectivity index (χ1n) is 5.22. The van der Waals surface area contributed by atoms with Crippen molar-refractivity contribution in [2.75, 3.05) is 13.6 Å². The molecule has 0 aromatic carbocycles. The van der Waals surface area contributed by atoms with Gasteiger partial charge in [-0.3, -0.25) is 9.69 Å². The summed E-state index contributed by atoms with van der Waals surface area (Å²) in [6, 6.07) is 4.13. The Hall–Kier alpha value is -0.910. The van der Waals surface area contributed by atoms with E-state index in [0.717, 1.165) is 0 Å². The third-order valence-electron chi connectivity index (χ3n) is 2.43. The van der Waals surface area contributed by atoms with Gasteiger partial charge in [0.05, 0.1) is 12.6 Å². The molecule has 0 aliphatic heterocycles. The van der Waals surface area contributed by atoms with Crippen molar-refractivity contribution in [3.05, 3.63) is 21.9 Å². The summed E-state index contributed by atoms with van der Waals surface area (Å²) >= 11 is 1.71. The number of amides is 1. The van der Waals surface area contributed by atoms with Crippen LogP contribution < -0.4 is 11.5 Å². The summed E-state index contributed by atoms with van der Waals surface area (Å²) in [5.41, 5.74) is 11.2. The number of rotatable bonds is 5. The van der Waals surface area contributed by atoms with Crippen molar-refractivity contribution in [3.8, 4) is 0 Å². The van der Waals surface area contributed by atoms with E-state index in [1.165, 1.54) is 9.75 Å². The molecule has 2 unspecified atom stereocenters. The van der Waals surface area contributed by atoms with Crippen LogP contribution in [-0.2, 0) is 4.79 Å². The molecule has 1 aromatic rings. The molecular formula is C11H19N3OS. The number of hydrogen-bond donors (Lipinski definition) is 2. The topological polar surface area (TPSA) is 72.3 Å². The Balaban J connectivity index is 2.86. The molecule has 0 aliphatic carbocycles. The van der Waals surface area contributed by atoms with Crippen molar-refractivity contribution >= 4 is 17.2 Å². The Morgan fingerprint density at radius 2 is 2.19 bits per heavy atom. The molecule has 90 valence electrons. The fourth-order valence-corrected chi connectivity index (χ4v) is 2.99. The maximum Gasteiger partial charge on any atom is 0.231 e. The van der Waals surface area contributed by atoms with Crippen LogP contribution in [0.15, 0.2) is 12.1 Å². The largest absolute Gasteiger partial charge is 0.369 e. The highest BCUT2D eigenvalue weighted by Crippen LogP contribution is 2.28.